The smallest absolute Gasteiger partial charge is 0.252 e. The van der Waals surface area contributed by atoms with E-state index < -0.39 is 0 Å². The topological polar surface area (TPSA) is 64.8 Å². The number of hydrogen-bond acceptors (Lipinski definition) is 4. The minimum Gasteiger partial charge on any atom is -0.370 e. The van der Waals surface area contributed by atoms with E-state index >= 15 is 0 Å². The first kappa shape index (κ1) is 18.2. The zero-order valence-electron chi connectivity index (χ0n) is 13.4. The van der Waals surface area contributed by atoms with Gasteiger partial charge in [0.15, 0.2) is 0 Å². The van der Waals surface area contributed by atoms with Crippen LogP contribution < -0.4 is 5.73 Å². The van der Waals surface area contributed by atoms with Gasteiger partial charge in [0.05, 0.1) is 25.3 Å². The lowest BCUT2D eigenvalue weighted by Gasteiger charge is -2.39. The molecule has 23 heavy (non-hydrogen) atoms. The third-order valence-corrected chi connectivity index (χ3v) is 4.53. The van der Waals surface area contributed by atoms with E-state index in [-0.39, 0.29) is 42.7 Å². The van der Waals surface area contributed by atoms with E-state index in [0.717, 1.165) is 18.4 Å². The fraction of sp³-hybridized carbons (Fsp3) is 0.588. The minimum atomic E-state index is -0.342. The maximum Gasteiger partial charge on any atom is 0.252 e. The van der Waals surface area contributed by atoms with Crippen LogP contribution in [0.1, 0.15) is 31.4 Å². The third kappa shape index (κ3) is 4.04. The highest BCUT2D eigenvalue weighted by Crippen LogP contribution is 2.28. The normalized spacial score (nSPS) is 30.8. The molecule has 5 nitrogen and oxygen atoms in total. The standard InChI is InChI=1S/C17H24N2O3.ClH/c1-12-11-21-16(13-5-3-2-4-6-13)10-19(12)17(20)15-8-7-14(9-18)22-15;/h2-6,12,14-16H,7-11,18H2,1H3;1H/t12?,14-,15+,16?;/m1./s1. The predicted molar refractivity (Wildman–Crippen MR) is 90.5 cm³/mol. The Morgan fingerprint density at radius 1 is 1.30 bits per heavy atom. The van der Waals surface area contributed by atoms with Crippen molar-refractivity contribution in [1.82, 2.24) is 4.90 Å². The molecular weight excluding hydrogens is 316 g/mol. The van der Waals surface area contributed by atoms with E-state index in [1.807, 2.05) is 42.2 Å². The quantitative estimate of drug-likeness (QED) is 0.912. The molecule has 0 aliphatic carbocycles. The number of carbonyl (C=O) groups is 1. The number of hydrogen-bond donors (Lipinski definition) is 1. The number of morpholine rings is 1. The van der Waals surface area contributed by atoms with Gasteiger partial charge in [-0.3, -0.25) is 4.79 Å². The van der Waals surface area contributed by atoms with Crippen LogP contribution in [0.15, 0.2) is 30.3 Å². The van der Waals surface area contributed by atoms with Crippen LogP contribution in [0.2, 0.25) is 0 Å². The maximum absolute atomic E-state index is 12.8. The van der Waals surface area contributed by atoms with E-state index in [9.17, 15) is 4.79 Å². The average Bonchev–Trinajstić information content (AvgIpc) is 3.04. The second-order valence-corrected chi connectivity index (χ2v) is 6.13. The molecule has 2 unspecified atom stereocenters. The molecule has 0 aromatic heterocycles. The van der Waals surface area contributed by atoms with Crippen molar-refractivity contribution in [2.75, 3.05) is 19.7 Å². The summed E-state index contributed by atoms with van der Waals surface area (Å²) in [5.74, 6) is 0.0766. The van der Waals surface area contributed by atoms with Gasteiger partial charge >= 0.3 is 0 Å². The molecule has 2 aliphatic rings. The molecule has 0 bridgehead atoms. The van der Waals surface area contributed by atoms with Gasteiger partial charge in [0.25, 0.3) is 5.91 Å². The summed E-state index contributed by atoms with van der Waals surface area (Å²) in [4.78, 5) is 14.7. The van der Waals surface area contributed by atoms with Gasteiger partial charge in [-0.05, 0) is 25.3 Å². The highest BCUT2D eigenvalue weighted by atomic mass is 35.5. The molecule has 1 aromatic rings. The van der Waals surface area contributed by atoms with Gasteiger partial charge in [0.1, 0.15) is 12.2 Å². The highest BCUT2D eigenvalue weighted by molar-refractivity contribution is 5.85. The van der Waals surface area contributed by atoms with Crippen molar-refractivity contribution >= 4 is 18.3 Å². The molecule has 0 radical (unpaired) electrons. The first-order valence-corrected chi connectivity index (χ1v) is 8.01. The molecule has 2 saturated heterocycles. The second kappa shape index (κ2) is 8.11. The molecule has 6 heteroatoms. The number of carbonyl (C=O) groups excluding carboxylic acids is 1. The van der Waals surface area contributed by atoms with Crippen molar-refractivity contribution in [1.29, 1.82) is 0 Å². The van der Waals surface area contributed by atoms with E-state index in [1.54, 1.807) is 0 Å². The first-order chi connectivity index (χ1) is 10.7. The van der Waals surface area contributed by atoms with Gasteiger partial charge in [-0.25, -0.2) is 0 Å². The van der Waals surface area contributed by atoms with Gasteiger partial charge in [-0.1, -0.05) is 30.3 Å². The van der Waals surface area contributed by atoms with Crippen molar-refractivity contribution in [3.63, 3.8) is 0 Å². The number of ether oxygens (including phenoxy) is 2. The number of amides is 1. The second-order valence-electron chi connectivity index (χ2n) is 6.13. The van der Waals surface area contributed by atoms with E-state index in [2.05, 4.69) is 0 Å². The Morgan fingerprint density at radius 2 is 2.04 bits per heavy atom. The number of nitrogens with zero attached hydrogens (tertiary/aromatic N) is 1. The summed E-state index contributed by atoms with van der Waals surface area (Å²) in [6, 6.07) is 10.1. The molecule has 128 valence electrons. The lowest BCUT2D eigenvalue weighted by Crippen LogP contribution is -2.51. The number of benzene rings is 1. The molecule has 4 atom stereocenters. The maximum atomic E-state index is 12.8. The van der Waals surface area contributed by atoms with Gasteiger partial charge in [-0.15, -0.1) is 12.4 Å². The van der Waals surface area contributed by atoms with Crippen molar-refractivity contribution < 1.29 is 14.3 Å². The Balaban J connectivity index is 0.00000192. The Bertz CT molecular complexity index is 514. The van der Waals surface area contributed by atoms with Crippen LogP contribution in [0.3, 0.4) is 0 Å². The van der Waals surface area contributed by atoms with Crippen LogP contribution >= 0.6 is 12.4 Å². The van der Waals surface area contributed by atoms with Gasteiger partial charge < -0.3 is 20.1 Å². The molecular formula is C17H25ClN2O3. The summed E-state index contributed by atoms with van der Waals surface area (Å²) in [6.45, 7) is 3.64. The summed E-state index contributed by atoms with van der Waals surface area (Å²) >= 11 is 0. The van der Waals surface area contributed by atoms with Crippen molar-refractivity contribution in [3.8, 4) is 0 Å². The van der Waals surface area contributed by atoms with Gasteiger partial charge in [0.2, 0.25) is 0 Å². The van der Waals surface area contributed by atoms with Gasteiger partial charge in [-0.2, -0.15) is 0 Å². The molecule has 1 aromatic carbocycles. The summed E-state index contributed by atoms with van der Waals surface area (Å²) in [5, 5.41) is 0. The SMILES string of the molecule is CC1COC(c2ccccc2)CN1C(=O)[C@@H]1CC[C@H](CN)O1.Cl. The Labute approximate surface area is 143 Å². The van der Waals surface area contributed by atoms with E-state index in [4.69, 9.17) is 15.2 Å². The molecule has 2 fully saturated rings. The summed E-state index contributed by atoms with van der Waals surface area (Å²) < 4.78 is 11.7. The predicted octanol–water partition coefficient (Wildman–Crippen LogP) is 1.90. The van der Waals surface area contributed by atoms with E-state index in [1.165, 1.54) is 0 Å². The summed E-state index contributed by atoms with van der Waals surface area (Å²) in [7, 11) is 0. The summed E-state index contributed by atoms with van der Waals surface area (Å²) in [6.07, 6.45) is 1.25. The van der Waals surface area contributed by atoms with Crippen molar-refractivity contribution in [2.24, 2.45) is 5.73 Å². The van der Waals surface area contributed by atoms with Crippen molar-refractivity contribution in [3.05, 3.63) is 35.9 Å². The van der Waals surface area contributed by atoms with Crippen LogP contribution in [0.25, 0.3) is 0 Å². The van der Waals surface area contributed by atoms with Crippen LogP contribution in [-0.2, 0) is 14.3 Å². The van der Waals surface area contributed by atoms with Crippen LogP contribution in [0.4, 0.5) is 0 Å². The molecule has 2 heterocycles. The van der Waals surface area contributed by atoms with Gasteiger partial charge in [0, 0.05) is 6.54 Å². The molecule has 0 spiro atoms. The molecule has 1 amide bonds. The van der Waals surface area contributed by atoms with Crippen LogP contribution in [0, 0.1) is 0 Å². The Morgan fingerprint density at radius 3 is 2.70 bits per heavy atom. The lowest BCUT2D eigenvalue weighted by molar-refractivity contribution is -0.155. The number of nitrogens with two attached hydrogens (primary N) is 1. The first-order valence-electron chi connectivity index (χ1n) is 8.01. The Kier molecular flexibility index (Phi) is 6.41. The number of rotatable bonds is 3. The van der Waals surface area contributed by atoms with Crippen LogP contribution in [0.5, 0.6) is 0 Å². The zero-order chi connectivity index (χ0) is 15.5. The monoisotopic (exact) mass is 340 g/mol. The third-order valence-electron chi connectivity index (χ3n) is 4.53. The largest absolute Gasteiger partial charge is 0.370 e. The molecule has 3 rings (SSSR count). The molecule has 2 aliphatic heterocycles. The molecule has 2 N–H and O–H groups in total. The fourth-order valence-corrected chi connectivity index (χ4v) is 3.18. The van der Waals surface area contributed by atoms with Crippen molar-refractivity contribution in [2.45, 2.75) is 44.1 Å². The average molecular weight is 341 g/mol. The lowest BCUT2D eigenvalue weighted by atomic mass is 10.0. The van der Waals surface area contributed by atoms with E-state index in [0.29, 0.717) is 19.7 Å². The molecule has 0 saturated carbocycles. The summed E-state index contributed by atoms with van der Waals surface area (Å²) in [5.41, 5.74) is 6.74. The van der Waals surface area contributed by atoms with Crippen LogP contribution in [-0.4, -0.2) is 48.8 Å². The Hall–Kier alpha value is -1.14. The number of halogens is 1. The highest BCUT2D eigenvalue weighted by Gasteiger charge is 2.37. The zero-order valence-corrected chi connectivity index (χ0v) is 14.2. The minimum absolute atomic E-state index is 0. The fourth-order valence-electron chi connectivity index (χ4n) is 3.18.